The second kappa shape index (κ2) is 8.32. The highest BCUT2D eigenvalue weighted by atomic mass is 79.9. The first-order valence-corrected chi connectivity index (χ1v) is 11.2. The highest BCUT2D eigenvalue weighted by Gasteiger charge is 2.16. The van der Waals surface area contributed by atoms with Gasteiger partial charge in [-0.3, -0.25) is 4.79 Å². The molecule has 1 heterocycles. The molecule has 4 rings (SSSR count). The van der Waals surface area contributed by atoms with Gasteiger partial charge in [-0.1, -0.05) is 55.6 Å². The molecule has 30 heavy (non-hydrogen) atoms. The molecule has 0 aliphatic carbocycles. The fourth-order valence-corrected chi connectivity index (χ4v) is 4.07. The van der Waals surface area contributed by atoms with Gasteiger partial charge in [0.25, 0.3) is 5.91 Å². The Balaban J connectivity index is 1.86. The predicted octanol–water partition coefficient (Wildman–Crippen LogP) is 7.60. The van der Waals surface area contributed by atoms with Crippen molar-refractivity contribution in [2.24, 2.45) is 0 Å². The molecule has 0 bridgehead atoms. The Morgan fingerprint density at radius 2 is 1.60 bits per heavy atom. The molecule has 0 spiro atoms. The van der Waals surface area contributed by atoms with Crippen LogP contribution in [0.25, 0.3) is 22.2 Å². The van der Waals surface area contributed by atoms with Gasteiger partial charge in [0.1, 0.15) is 0 Å². The van der Waals surface area contributed by atoms with Crippen LogP contribution in [0.5, 0.6) is 0 Å². The Morgan fingerprint density at radius 1 is 0.867 bits per heavy atom. The molecule has 1 aromatic heterocycles. The molecule has 1 amide bonds. The van der Waals surface area contributed by atoms with E-state index < -0.39 is 0 Å². The Kier molecular flexibility index (Phi) is 5.76. The monoisotopic (exact) mass is 522 g/mol. The molecule has 150 valence electrons. The minimum atomic E-state index is -0.146. The highest BCUT2D eigenvalue weighted by Crippen LogP contribution is 2.29. The summed E-state index contributed by atoms with van der Waals surface area (Å²) in [6, 6.07) is 19.8. The second-order valence-corrected chi connectivity index (χ2v) is 9.23. The average molecular weight is 524 g/mol. The Bertz CT molecular complexity index is 1280. The van der Waals surface area contributed by atoms with E-state index in [-0.39, 0.29) is 5.91 Å². The van der Waals surface area contributed by atoms with Crippen molar-refractivity contribution in [3.8, 4) is 11.3 Å². The molecule has 5 heteroatoms. The van der Waals surface area contributed by atoms with Gasteiger partial charge in [-0.25, -0.2) is 4.98 Å². The van der Waals surface area contributed by atoms with E-state index in [1.54, 1.807) is 0 Å². The maximum Gasteiger partial charge on any atom is 0.256 e. The summed E-state index contributed by atoms with van der Waals surface area (Å²) >= 11 is 6.98. The Hall–Kier alpha value is -2.50. The van der Waals surface area contributed by atoms with Crippen LogP contribution in [-0.4, -0.2) is 10.9 Å². The zero-order chi connectivity index (χ0) is 21.4. The quantitative estimate of drug-likeness (QED) is 0.300. The average Bonchev–Trinajstić information content (AvgIpc) is 2.70. The summed E-state index contributed by atoms with van der Waals surface area (Å²) in [7, 11) is 0. The van der Waals surface area contributed by atoms with Gasteiger partial charge in [0, 0.05) is 25.6 Å². The van der Waals surface area contributed by atoms with Crippen LogP contribution >= 0.6 is 31.9 Å². The maximum absolute atomic E-state index is 13.3. The number of carbonyl (C=O) groups is 1. The van der Waals surface area contributed by atoms with Gasteiger partial charge in [-0.2, -0.15) is 0 Å². The normalized spacial score (nSPS) is 11.0. The molecule has 0 unspecified atom stereocenters. The number of amides is 1. The van der Waals surface area contributed by atoms with E-state index in [0.29, 0.717) is 5.56 Å². The van der Waals surface area contributed by atoms with Crippen molar-refractivity contribution in [3.63, 3.8) is 0 Å². The van der Waals surface area contributed by atoms with E-state index in [1.165, 1.54) is 0 Å². The summed E-state index contributed by atoms with van der Waals surface area (Å²) in [6.45, 7) is 6.07. The molecule has 1 N–H and O–H groups in total. The van der Waals surface area contributed by atoms with Gasteiger partial charge < -0.3 is 5.32 Å². The van der Waals surface area contributed by atoms with Gasteiger partial charge in [0.2, 0.25) is 0 Å². The number of nitrogens with zero attached hydrogens (tertiary/aromatic N) is 1. The fourth-order valence-electron chi connectivity index (χ4n) is 3.56. The summed E-state index contributed by atoms with van der Waals surface area (Å²) in [5.41, 5.74) is 7.19. The Labute approximate surface area is 192 Å². The summed E-state index contributed by atoms with van der Waals surface area (Å²) in [4.78, 5) is 18.2. The molecule has 0 aliphatic rings. The number of hydrogen-bond donors (Lipinski definition) is 1. The van der Waals surface area contributed by atoms with E-state index in [4.69, 9.17) is 4.98 Å². The van der Waals surface area contributed by atoms with Gasteiger partial charge in [0.05, 0.1) is 16.8 Å². The van der Waals surface area contributed by atoms with Crippen LogP contribution in [0.3, 0.4) is 0 Å². The third-order valence-corrected chi connectivity index (χ3v) is 6.47. The van der Waals surface area contributed by atoms with Crippen LogP contribution in [-0.2, 0) is 0 Å². The van der Waals surface area contributed by atoms with Gasteiger partial charge in [-0.05, 0) is 74.4 Å². The number of anilines is 1. The molecule has 0 saturated heterocycles. The SMILES string of the molecule is Cc1cc(C)c2nc(-c3ccc(Br)cc3)cc(C(=O)Nc3ccc(Br)c(C)c3)c2c1. The number of carbonyl (C=O) groups excluding carboxylic acids is 1. The molecule has 3 nitrogen and oxygen atoms in total. The lowest BCUT2D eigenvalue weighted by Crippen LogP contribution is -2.13. The van der Waals surface area contributed by atoms with Crippen LogP contribution < -0.4 is 5.32 Å². The molecule has 0 radical (unpaired) electrons. The molecule has 0 fully saturated rings. The first-order chi connectivity index (χ1) is 14.3. The highest BCUT2D eigenvalue weighted by molar-refractivity contribution is 9.10. The van der Waals surface area contributed by atoms with Crippen LogP contribution in [0, 0.1) is 20.8 Å². The first-order valence-electron chi connectivity index (χ1n) is 9.57. The standard InChI is InChI=1S/C25H20Br2N2O/c1-14-10-16(3)24-20(11-14)21(13-23(29-24)17-4-6-18(26)7-5-17)25(30)28-19-8-9-22(27)15(2)12-19/h4-13H,1-3H3,(H,28,30). The van der Waals surface area contributed by atoms with Crippen LogP contribution in [0.2, 0.25) is 0 Å². The van der Waals surface area contributed by atoms with Crippen LogP contribution in [0.15, 0.2) is 69.6 Å². The number of nitrogens with one attached hydrogen (secondary N) is 1. The van der Waals surface area contributed by atoms with Gasteiger partial charge in [0.15, 0.2) is 0 Å². The lowest BCUT2D eigenvalue weighted by Gasteiger charge is -2.13. The van der Waals surface area contributed by atoms with Crippen molar-refractivity contribution >= 4 is 54.4 Å². The zero-order valence-electron chi connectivity index (χ0n) is 16.9. The number of rotatable bonds is 3. The predicted molar refractivity (Wildman–Crippen MR) is 131 cm³/mol. The molecular formula is C25H20Br2N2O. The van der Waals surface area contributed by atoms with Crippen LogP contribution in [0.4, 0.5) is 5.69 Å². The lowest BCUT2D eigenvalue weighted by molar-refractivity contribution is 0.102. The van der Waals surface area contributed by atoms with Crippen molar-refractivity contribution in [3.05, 3.63) is 91.9 Å². The van der Waals surface area contributed by atoms with E-state index >= 15 is 0 Å². The zero-order valence-corrected chi connectivity index (χ0v) is 20.1. The third kappa shape index (κ3) is 4.18. The van der Waals surface area contributed by atoms with E-state index in [2.05, 4.69) is 43.2 Å². The van der Waals surface area contributed by atoms with E-state index in [0.717, 1.165) is 53.5 Å². The minimum absolute atomic E-state index is 0.146. The van der Waals surface area contributed by atoms with Gasteiger partial charge in [-0.15, -0.1) is 0 Å². The number of benzene rings is 3. The van der Waals surface area contributed by atoms with Crippen molar-refractivity contribution in [1.82, 2.24) is 4.98 Å². The van der Waals surface area contributed by atoms with E-state index in [9.17, 15) is 4.79 Å². The number of fused-ring (bicyclic) bond motifs is 1. The fraction of sp³-hybridized carbons (Fsp3) is 0.120. The third-order valence-electron chi connectivity index (χ3n) is 5.05. The molecule has 0 atom stereocenters. The molecular weight excluding hydrogens is 504 g/mol. The second-order valence-electron chi connectivity index (χ2n) is 7.46. The molecule has 3 aromatic carbocycles. The Morgan fingerprint density at radius 3 is 2.30 bits per heavy atom. The number of aryl methyl sites for hydroxylation is 3. The minimum Gasteiger partial charge on any atom is -0.322 e. The summed E-state index contributed by atoms with van der Waals surface area (Å²) < 4.78 is 2.01. The van der Waals surface area contributed by atoms with E-state index in [1.807, 2.05) is 75.4 Å². The number of halogens is 2. The lowest BCUT2D eigenvalue weighted by atomic mass is 9.99. The smallest absolute Gasteiger partial charge is 0.256 e. The number of aromatic nitrogens is 1. The topological polar surface area (TPSA) is 42.0 Å². The van der Waals surface area contributed by atoms with Crippen molar-refractivity contribution < 1.29 is 4.79 Å². The largest absolute Gasteiger partial charge is 0.322 e. The van der Waals surface area contributed by atoms with Crippen LogP contribution in [0.1, 0.15) is 27.0 Å². The summed E-state index contributed by atoms with van der Waals surface area (Å²) in [5, 5.41) is 3.91. The molecule has 0 aliphatic heterocycles. The van der Waals surface area contributed by atoms with Crippen molar-refractivity contribution in [2.75, 3.05) is 5.32 Å². The van der Waals surface area contributed by atoms with Gasteiger partial charge >= 0.3 is 0 Å². The summed E-state index contributed by atoms with van der Waals surface area (Å²) in [5.74, 6) is -0.146. The van der Waals surface area contributed by atoms with Crippen molar-refractivity contribution in [1.29, 1.82) is 0 Å². The first kappa shape index (κ1) is 20.8. The number of hydrogen-bond acceptors (Lipinski definition) is 2. The molecule has 0 saturated carbocycles. The molecule has 4 aromatic rings. The maximum atomic E-state index is 13.3. The summed E-state index contributed by atoms with van der Waals surface area (Å²) in [6.07, 6.45) is 0. The van der Waals surface area contributed by atoms with Crippen molar-refractivity contribution in [2.45, 2.75) is 20.8 Å². The number of pyridine rings is 1.